The highest BCUT2D eigenvalue weighted by atomic mass is 35.5. The zero-order chi connectivity index (χ0) is 10.5. The van der Waals surface area contributed by atoms with E-state index in [-0.39, 0.29) is 9.92 Å². The molecule has 76 valence electrons. The summed E-state index contributed by atoms with van der Waals surface area (Å²) in [6.45, 7) is 0. The van der Waals surface area contributed by atoms with Gasteiger partial charge in [-0.1, -0.05) is 0 Å². The molecule has 3 aliphatic rings. The third-order valence-corrected chi connectivity index (χ3v) is 3.28. The van der Waals surface area contributed by atoms with E-state index in [9.17, 15) is 4.79 Å². The van der Waals surface area contributed by atoms with Crippen molar-refractivity contribution >= 4 is 30.1 Å². The molecule has 15 heavy (non-hydrogen) atoms. The predicted octanol–water partition coefficient (Wildman–Crippen LogP) is 1.75. The van der Waals surface area contributed by atoms with E-state index >= 15 is 0 Å². The van der Waals surface area contributed by atoms with Crippen LogP contribution in [-0.2, 0) is 4.79 Å². The molecule has 2 heterocycles. The van der Waals surface area contributed by atoms with E-state index in [1.807, 2.05) is 0 Å². The van der Waals surface area contributed by atoms with Gasteiger partial charge in [0.2, 0.25) is 12.0 Å². The molecule has 0 spiro atoms. The topological polar surface area (TPSA) is 41.8 Å². The summed E-state index contributed by atoms with van der Waals surface area (Å²) in [6, 6.07) is 0. The van der Waals surface area contributed by atoms with Gasteiger partial charge in [0.05, 0.1) is 12.4 Å². The van der Waals surface area contributed by atoms with Crippen molar-refractivity contribution in [3.8, 4) is 0 Å². The average Bonchev–Trinajstić information content (AvgIpc) is 2.50. The van der Waals surface area contributed by atoms with Crippen molar-refractivity contribution < 1.29 is 8.80 Å². The molecule has 3 rings (SSSR count). The molecule has 0 saturated heterocycles. The van der Waals surface area contributed by atoms with Crippen LogP contribution in [0.15, 0.2) is 33.8 Å². The quantitative estimate of drug-likeness (QED) is 0.623. The molecule has 2 aliphatic heterocycles. The highest BCUT2D eigenvalue weighted by molar-refractivity contribution is 6.14. The summed E-state index contributed by atoms with van der Waals surface area (Å²) >= 11 is 6.30. The lowest BCUT2D eigenvalue weighted by Gasteiger charge is -2.24. The Hall–Kier alpha value is -1.26. The second-order valence-corrected chi connectivity index (χ2v) is 4.48. The number of carbonyl (C=O) groups is 1. The van der Waals surface area contributed by atoms with Crippen LogP contribution in [0.1, 0.15) is 12.8 Å². The summed E-state index contributed by atoms with van der Waals surface area (Å²) in [7, 11) is 0. The van der Waals surface area contributed by atoms with Crippen LogP contribution in [-0.4, -0.2) is 22.3 Å². The highest BCUT2D eigenvalue weighted by Crippen LogP contribution is 2.40. The lowest BCUT2D eigenvalue weighted by Crippen LogP contribution is -2.31. The number of halogens is 1. The number of quaternary nitrogens is 1. The fourth-order valence-corrected chi connectivity index (χ4v) is 2.19. The molecule has 5 heteroatoms. The van der Waals surface area contributed by atoms with E-state index in [2.05, 4.69) is 9.98 Å². The van der Waals surface area contributed by atoms with Crippen molar-refractivity contribution in [3.63, 3.8) is 0 Å². The van der Waals surface area contributed by atoms with E-state index in [0.717, 1.165) is 11.4 Å². The Bertz CT molecular complexity index is 455. The monoisotopic (exact) mass is 222 g/mol. The predicted molar refractivity (Wildman–Crippen MR) is 57.0 cm³/mol. The number of rotatable bonds is 1. The van der Waals surface area contributed by atoms with E-state index in [1.165, 1.54) is 0 Å². The number of allylic oxidation sites excluding steroid dienone is 2. The molecule has 0 aromatic rings. The summed E-state index contributed by atoms with van der Waals surface area (Å²) in [4.78, 5) is 19.3. The van der Waals surface area contributed by atoms with E-state index in [0.29, 0.717) is 18.6 Å². The minimum Gasteiger partial charge on any atom is -0.300 e. The first-order chi connectivity index (χ1) is 7.19. The van der Waals surface area contributed by atoms with Crippen molar-refractivity contribution in [2.24, 2.45) is 15.9 Å². The van der Waals surface area contributed by atoms with Crippen LogP contribution in [0.3, 0.4) is 0 Å². The van der Waals surface area contributed by atoms with Crippen LogP contribution >= 0.6 is 11.8 Å². The summed E-state index contributed by atoms with van der Waals surface area (Å²) in [5.41, 5.74) is 1.79. The molecule has 1 unspecified atom stereocenters. The van der Waals surface area contributed by atoms with Crippen LogP contribution in [0.5, 0.6) is 0 Å². The third-order valence-electron chi connectivity index (χ3n) is 2.90. The van der Waals surface area contributed by atoms with Gasteiger partial charge in [0.1, 0.15) is 17.7 Å². The molecule has 1 atom stereocenters. The maximum Gasteiger partial charge on any atom is 0.218 e. The zero-order valence-corrected chi connectivity index (χ0v) is 8.68. The van der Waals surface area contributed by atoms with Gasteiger partial charge in [-0.05, 0) is 0 Å². The van der Waals surface area contributed by atoms with Gasteiger partial charge in [0.15, 0.2) is 11.8 Å². The van der Waals surface area contributed by atoms with E-state index in [1.54, 1.807) is 25.0 Å². The fourth-order valence-electron chi connectivity index (χ4n) is 1.97. The Morgan fingerprint density at radius 3 is 3.00 bits per heavy atom. The van der Waals surface area contributed by atoms with Crippen molar-refractivity contribution in [2.45, 2.75) is 12.8 Å². The number of nitrogens with zero attached hydrogens (tertiary/aromatic N) is 3. The third kappa shape index (κ3) is 1.22. The van der Waals surface area contributed by atoms with E-state index < -0.39 is 0 Å². The molecule has 0 N–H and O–H groups in total. The van der Waals surface area contributed by atoms with Gasteiger partial charge in [-0.15, -0.1) is 4.00 Å². The molecule has 1 saturated carbocycles. The maximum absolute atomic E-state index is 10.9. The van der Waals surface area contributed by atoms with Crippen LogP contribution in [0, 0.1) is 5.92 Å². The number of aliphatic imine (C=N–C) groups is 2. The second kappa shape index (κ2) is 2.87. The van der Waals surface area contributed by atoms with Crippen molar-refractivity contribution in [2.75, 3.05) is 0 Å². The first-order valence-electron chi connectivity index (χ1n) is 4.80. The standard InChI is InChI=1S/C10H9ClN3O/c11-14-2-1-12-5-9(14)10(13-6-14)7-3-8(15)4-7/h1-2,5-7H,3-4H2/q+1. The first kappa shape index (κ1) is 9.00. The van der Waals surface area contributed by atoms with Gasteiger partial charge < -0.3 is 0 Å². The van der Waals surface area contributed by atoms with Gasteiger partial charge in [-0.2, -0.15) is 4.99 Å². The van der Waals surface area contributed by atoms with Crippen LogP contribution in [0.4, 0.5) is 0 Å². The summed E-state index contributed by atoms with van der Waals surface area (Å²) in [6.07, 6.45) is 7.97. The van der Waals surface area contributed by atoms with Gasteiger partial charge in [0.25, 0.3) is 0 Å². The molecule has 4 nitrogen and oxygen atoms in total. The molecule has 0 radical (unpaired) electrons. The van der Waals surface area contributed by atoms with Gasteiger partial charge >= 0.3 is 0 Å². The molecule has 1 aliphatic carbocycles. The first-order valence-corrected chi connectivity index (χ1v) is 5.13. The van der Waals surface area contributed by atoms with Crippen LogP contribution < -0.4 is 0 Å². The Morgan fingerprint density at radius 1 is 1.47 bits per heavy atom. The lowest BCUT2D eigenvalue weighted by atomic mass is 9.81. The summed E-state index contributed by atoms with van der Waals surface area (Å²) in [5, 5.41) is 0. The smallest absolute Gasteiger partial charge is 0.218 e. The number of hydrogen-bond acceptors (Lipinski definition) is 3. The number of carbonyl (C=O) groups excluding carboxylic acids is 1. The Morgan fingerprint density at radius 2 is 2.27 bits per heavy atom. The van der Waals surface area contributed by atoms with Crippen molar-refractivity contribution in [1.29, 1.82) is 0 Å². The zero-order valence-electron chi connectivity index (χ0n) is 7.93. The van der Waals surface area contributed by atoms with Gasteiger partial charge in [-0.3, -0.25) is 9.79 Å². The minimum atomic E-state index is 0.0591. The number of Topliss-reactive ketones (excluding diaryl/α,β-unsaturated/α-hetero) is 1. The highest BCUT2D eigenvalue weighted by Gasteiger charge is 2.43. The molecule has 0 aromatic heterocycles. The van der Waals surface area contributed by atoms with Crippen LogP contribution in [0.2, 0.25) is 0 Å². The summed E-state index contributed by atoms with van der Waals surface area (Å²) < 4.78 is 0.0591. The normalized spacial score (nSPS) is 33.5. The molecular formula is C10H9ClN3O+. The molecule has 0 amide bonds. The number of hydrogen-bond donors (Lipinski definition) is 0. The lowest BCUT2D eigenvalue weighted by molar-refractivity contribution is -0.592. The SMILES string of the molecule is O=C1CC(C2=C3C=NC=C[N+]3(Cl)C=N2)C1. The Labute approximate surface area is 92.0 Å². The minimum absolute atomic E-state index is 0.0591. The number of fused-ring (bicyclic) bond motifs is 1. The van der Waals surface area contributed by atoms with Gasteiger partial charge in [0, 0.05) is 18.8 Å². The van der Waals surface area contributed by atoms with E-state index in [4.69, 9.17) is 11.8 Å². The van der Waals surface area contributed by atoms with Gasteiger partial charge in [-0.25, -0.2) is 0 Å². The van der Waals surface area contributed by atoms with Crippen LogP contribution in [0.25, 0.3) is 0 Å². The largest absolute Gasteiger partial charge is 0.300 e. The second-order valence-electron chi connectivity index (χ2n) is 3.92. The molecule has 1 fully saturated rings. The molecule has 0 bridgehead atoms. The molecular weight excluding hydrogens is 214 g/mol. The summed E-state index contributed by atoms with van der Waals surface area (Å²) in [5.74, 6) is 0.534. The average molecular weight is 223 g/mol. The van der Waals surface area contributed by atoms with Crippen molar-refractivity contribution in [1.82, 2.24) is 0 Å². The Kier molecular flexibility index (Phi) is 1.72. The van der Waals surface area contributed by atoms with Crippen molar-refractivity contribution in [3.05, 3.63) is 23.8 Å². The Balaban J connectivity index is 1.99. The molecule has 0 aromatic carbocycles. The maximum atomic E-state index is 10.9. The fraction of sp³-hybridized carbons (Fsp3) is 0.300. The number of ketones is 1.